The number of hydrogen-bond acceptors (Lipinski definition) is 1. The van der Waals surface area contributed by atoms with Gasteiger partial charge in [0.2, 0.25) is 0 Å². The van der Waals surface area contributed by atoms with Crippen molar-refractivity contribution in [2.24, 2.45) is 0 Å². The van der Waals surface area contributed by atoms with Crippen LogP contribution in [-0.2, 0) is 11.0 Å². The number of hydrogen-bond donors (Lipinski definition) is 0. The molecule has 0 saturated heterocycles. The molecule has 0 unspecified atom stereocenters. The SMILES string of the molecule is CN([C@@H](c1ccccc1P(C(C)(C)C)C(C)(C)C)c1cccc2ccccc12)[S@](=O)C(C)(C)C. The summed E-state index contributed by atoms with van der Waals surface area (Å²) in [6, 6.07) is 23.9. The maximum Gasteiger partial charge on any atom is 0.100 e. The zero-order chi connectivity index (χ0) is 25.5. The van der Waals surface area contributed by atoms with Gasteiger partial charge in [0.1, 0.15) is 11.0 Å². The van der Waals surface area contributed by atoms with Crippen molar-refractivity contribution in [3.8, 4) is 0 Å². The van der Waals surface area contributed by atoms with Crippen molar-refractivity contribution in [1.29, 1.82) is 0 Å². The summed E-state index contributed by atoms with van der Waals surface area (Å²) in [5.41, 5.74) is 2.48. The van der Waals surface area contributed by atoms with Crippen molar-refractivity contribution >= 4 is 35.0 Å². The van der Waals surface area contributed by atoms with Crippen LogP contribution in [0.25, 0.3) is 10.8 Å². The summed E-state index contributed by atoms with van der Waals surface area (Å²) in [5, 5.41) is 4.11. The Balaban J connectivity index is 2.37. The fraction of sp³-hybridized carbons (Fsp3) is 0.467. The molecular formula is C30H42NOPS. The first-order valence-electron chi connectivity index (χ1n) is 12.2. The summed E-state index contributed by atoms with van der Waals surface area (Å²) in [4.78, 5) is 0. The molecule has 34 heavy (non-hydrogen) atoms. The van der Waals surface area contributed by atoms with Crippen molar-refractivity contribution in [3.05, 3.63) is 77.9 Å². The van der Waals surface area contributed by atoms with Gasteiger partial charge in [0.05, 0.1) is 10.8 Å². The molecule has 0 amide bonds. The highest BCUT2D eigenvalue weighted by atomic mass is 32.2. The molecule has 0 aliphatic heterocycles. The van der Waals surface area contributed by atoms with Gasteiger partial charge in [-0.2, -0.15) is 0 Å². The lowest BCUT2D eigenvalue weighted by atomic mass is 9.94. The average Bonchev–Trinajstić information content (AvgIpc) is 2.72. The maximum absolute atomic E-state index is 13.8. The van der Waals surface area contributed by atoms with Crippen LogP contribution < -0.4 is 5.30 Å². The van der Waals surface area contributed by atoms with Crippen LogP contribution >= 0.6 is 7.92 Å². The van der Waals surface area contributed by atoms with Gasteiger partial charge in [-0.1, -0.05) is 116 Å². The topological polar surface area (TPSA) is 20.3 Å². The Morgan fingerprint density at radius 1 is 0.706 bits per heavy atom. The molecule has 0 aromatic heterocycles. The van der Waals surface area contributed by atoms with E-state index in [-0.39, 0.29) is 21.1 Å². The second-order valence-corrected chi connectivity index (χ2v) is 18.2. The molecule has 3 aromatic carbocycles. The quantitative estimate of drug-likeness (QED) is 0.328. The van der Waals surface area contributed by atoms with E-state index in [1.807, 2.05) is 7.05 Å². The summed E-state index contributed by atoms with van der Waals surface area (Å²) < 4.78 is 15.5. The van der Waals surface area contributed by atoms with Gasteiger partial charge in [-0.3, -0.25) is 0 Å². The molecule has 0 saturated carbocycles. The lowest BCUT2D eigenvalue weighted by Crippen LogP contribution is -2.40. The second-order valence-electron chi connectivity index (χ2n) is 12.1. The van der Waals surface area contributed by atoms with Crippen LogP contribution in [0, 0.1) is 0 Å². The highest BCUT2D eigenvalue weighted by Gasteiger charge is 2.39. The Morgan fingerprint density at radius 2 is 1.21 bits per heavy atom. The predicted octanol–water partition coefficient (Wildman–Crippen LogP) is 8.03. The van der Waals surface area contributed by atoms with Crippen molar-refractivity contribution in [1.82, 2.24) is 4.31 Å². The van der Waals surface area contributed by atoms with E-state index in [0.29, 0.717) is 0 Å². The summed E-state index contributed by atoms with van der Waals surface area (Å²) in [6.45, 7) is 20.4. The van der Waals surface area contributed by atoms with Gasteiger partial charge < -0.3 is 0 Å². The Bertz CT molecular complexity index is 1150. The fourth-order valence-corrected chi connectivity index (χ4v) is 10.7. The molecular weight excluding hydrogens is 453 g/mol. The number of fused-ring (bicyclic) bond motifs is 1. The monoisotopic (exact) mass is 495 g/mol. The van der Waals surface area contributed by atoms with Gasteiger partial charge >= 0.3 is 0 Å². The molecule has 0 fully saturated rings. The van der Waals surface area contributed by atoms with Gasteiger partial charge in [-0.05, 0) is 58.3 Å². The fourth-order valence-electron chi connectivity index (χ4n) is 5.23. The highest BCUT2D eigenvalue weighted by Crippen LogP contribution is 2.59. The normalized spacial score (nSPS) is 15.2. The third kappa shape index (κ3) is 5.64. The van der Waals surface area contributed by atoms with Crippen LogP contribution in [0.2, 0.25) is 0 Å². The van der Waals surface area contributed by atoms with Gasteiger partial charge in [0.15, 0.2) is 0 Å². The largest absolute Gasteiger partial charge is 0.242 e. The summed E-state index contributed by atoms with van der Waals surface area (Å²) in [7, 11) is 0.327. The Hall–Kier alpha value is -1.54. The van der Waals surface area contributed by atoms with Crippen molar-refractivity contribution in [2.75, 3.05) is 7.05 Å². The molecule has 0 heterocycles. The zero-order valence-electron chi connectivity index (χ0n) is 22.6. The lowest BCUT2D eigenvalue weighted by molar-refractivity contribution is 0.443. The summed E-state index contributed by atoms with van der Waals surface area (Å²) in [6.07, 6.45) is 0. The maximum atomic E-state index is 13.8. The highest BCUT2D eigenvalue weighted by molar-refractivity contribution is 7.84. The van der Waals surface area contributed by atoms with Gasteiger partial charge in [0, 0.05) is 7.05 Å². The van der Waals surface area contributed by atoms with E-state index in [1.54, 1.807) is 0 Å². The smallest absolute Gasteiger partial charge is 0.100 e. The second kappa shape index (κ2) is 9.84. The molecule has 3 aromatic rings. The van der Waals surface area contributed by atoms with Crippen molar-refractivity contribution < 1.29 is 4.21 Å². The zero-order valence-corrected chi connectivity index (χ0v) is 24.4. The first-order chi connectivity index (χ1) is 15.6. The molecule has 0 N–H and O–H groups in total. The Kier molecular flexibility index (Phi) is 7.83. The standard InChI is InChI=1S/C30H42NOPS/c1-28(2,3)33(29(4,5)6)26-21-14-13-19-25(26)27(31(10)34(32)30(7,8)9)24-20-15-17-22-16-11-12-18-23(22)24/h11-21,27H,1-10H3/t27-,34-/m1/s1. The first kappa shape index (κ1) is 27.1. The van der Waals surface area contributed by atoms with E-state index in [1.165, 1.54) is 27.2 Å². The van der Waals surface area contributed by atoms with Crippen LogP contribution in [-0.4, -0.2) is 30.6 Å². The van der Waals surface area contributed by atoms with Crippen LogP contribution in [0.3, 0.4) is 0 Å². The van der Waals surface area contributed by atoms with E-state index in [9.17, 15) is 4.21 Å². The number of benzene rings is 3. The van der Waals surface area contributed by atoms with Crippen molar-refractivity contribution in [2.45, 2.75) is 83.4 Å². The van der Waals surface area contributed by atoms with Crippen LogP contribution in [0.1, 0.15) is 79.5 Å². The molecule has 0 aliphatic carbocycles. The number of nitrogens with zero attached hydrogens (tertiary/aromatic N) is 1. The third-order valence-electron chi connectivity index (χ3n) is 6.08. The van der Waals surface area contributed by atoms with Crippen LogP contribution in [0.5, 0.6) is 0 Å². The van der Waals surface area contributed by atoms with E-state index >= 15 is 0 Å². The van der Waals surface area contributed by atoms with Crippen LogP contribution in [0.15, 0.2) is 66.7 Å². The minimum absolute atomic E-state index is 0.114. The molecule has 0 radical (unpaired) electrons. The van der Waals surface area contributed by atoms with Gasteiger partial charge in [-0.25, -0.2) is 8.51 Å². The molecule has 0 bridgehead atoms. The molecule has 2 atom stereocenters. The van der Waals surface area contributed by atoms with Crippen LogP contribution in [0.4, 0.5) is 0 Å². The van der Waals surface area contributed by atoms with E-state index in [2.05, 4.69) is 133 Å². The van der Waals surface area contributed by atoms with E-state index in [0.717, 1.165) is 0 Å². The Morgan fingerprint density at radius 3 is 1.79 bits per heavy atom. The third-order valence-corrected chi connectivity index (χ3v) is 11.4. The molecule has 184 valence electrons. The lowest BCUT2D eigenvalue weighted by Gasteiger charge is -2.44. The van der Waals surface area contributed by atoms with Gasteiger partial charge in [0.25, 0.3) is 0 Å². The molecule has 4 heteroatoms. The minimum atomic E-state index is -1.18. The predicted molar refractivity (Wildman–Crippen MR) is 154 cm³/mol. The van der Waals surface area contributed by atoms with E-state index in [4.69, 9.17) is 0 Å². The summed E-state index contributed by atoms with van der Waals surface area (Å²) in [5.74, 6) is 0. The van der Waals surface area contributed by atoms with E-state index < -0.39 is 18.9 Å². The van der Waals surface area contributed by atoms with Gasteiger partial charge in [-0.15, -0.1) is 0 Å². The molecule has 3 rings (SSSR count). The minimum Gasteiger partial charge on any atom is -0.242 e. The van der Waals surface area contributed by atoms with Crippen molar-refractivity contribution in [3.63, 3.8) is 0 Å². The molecule has 0 spiro atoms. The molecule has 0 aliphatic rings. The summed E-state index contributed by atoms with van der Waals surface area (Å²) >= 11 is 0. The number of rotatable bonds is 5. The first-order valence-corrected chi connectivity index (χ1v) is 14.6. The molecule has 2 nitrogen and oxygen atoms in total. The Labute approximate surface area is 211 Å². The average molecular weight is 496 g/mol.